The van der Waals surface area contributed by atoms with Gasteiger partial charge in [0.2, 0.25) is 0 Å². The Morgan fingerprint density at radius 1 is 1.07 bits per heavy atom. The molecule has 4 rings (SSSR count). The van der Waals surface area contributed by atoms with E-state index in [9.17, 15) is 18.4 Å². The molecule has 1 aliphatic rings. The third-order valence-corrected chi connectivity index (χ3v) is 5.27. The summed E-state index contributed by atoms with van der Waals surface area (Å²) in [6.07, 6.45) is 1.40. The standard InChI is InChI=1S/C22H19F2N3O2/c23-15-7-8-19-14(10-15)11-17(21(25)28)20(26-19)13-4-3-9-27(12-13)22(29)16-5-1-2-6-18(16)24/h1-2,5-8,10-11,13H,3-4,9,12H2,(H2,25,28). The van der Waals surface area contributed by atoms with Crippen molar-refractivity contribution in [3.05, 3.63) is 77.0 Å². The molecule has 0 aliphatic carbocycles. The number of hydrogen-bond acceptors (Lipinski definition) is 3. The molecule has 2 heterocycles. The molecule has 0 bridgehead atoms. The van der Waals surface area contributed by atoms with Crippen molar-refractivity contribution in [3.63, 3.8) is 0 Å². The predicted octanol–water partition coefficient (Wildman–Crippen LogP) is 3.63. The molecule has 2 amide bonds. The molecule has 1 fully saturated rings. The largest absolute Gasteiger partial charge is 0.366 e. The lowest BCUT2D eigenvalue weighted by Gasteiger charge is -2.33. The summed E-state index contributed by atoms with van der Waals surface area (Å²) < 4.78 is 27.6. The minimum atomic E-state index is -0.656. The average Bonchev–Trinajstić information content (AvgIpc) is 2.72. The van der Waals surface area contributed by atoms with Crippen molar-refractivity contribution in [1.82, 2.24) is 9.88 Å². The van der Waals surface area contributed by atoms with Gasteiger partial charge in [0.15, 0.2) is 0 Å². The molecule has 2 aromatic carbocycles. The number of likely N-dealkylation sites (tertiary alicyclic amines) is 1. The third-order valence-electron chi connectivity index (χ3n) is 5.27. The molecular weight excluding hydrogens is 376 g/mol. The molecule has 1 aromatic heterocycles. The number of benzene rings is 2. The summed E-state index contributed by atoms with van der Waals surface area (Å²) in [6.45, 7) is 0.793. The number of carbonyl (C=O) groups is 2. The number of rotatable bonds is 3. The summed E-state index contributed by atoms with van der Waals surface area (Å²) in [5, 5.41) is 0.484. The smallest absolute Gasteiger partial charge is 0.256 e. The van der Waals surface area contributed by atoms with E-state index in [1.165, 1.54) is 30.3 Å². The molecule has 1 atom stereocenters. The van der Waals surface area contributed by atoms with Gasteiger partial charge >= 0.3 is 0 Å². The second kappa shape index (κ2) is 7.58. The van der Waals surface area contributed by atoms with Gasteiger partial charge < -0.3 is 10.6 Å². The van der Waals surface area contributed by atoms with E-state index in [-0.39, 0.29) is 17.0 Å². The Bertz CT molecular complexity index is 1120. The first-order chi connectivity index (χ1) is 13.9. The van der Waals surface area contributed by atoms with Gasteiger partial charge in [-0.1, -0.05) is 12.1 Å². The number of hydrogen-bond donors (Lipinski definition) is 1. The maximum Gasteiger partial charge on any atom is 0.256 e. The number of amides is 2. The topological polar surface area (TPSA) is 76.3 Å². The number of aromatic nitrogens is 1. The van der Waals surface area contributed by atoms with Crippen molar-refractivity contribution in [2.75, 3.05) is 13.1 Å². The van der Waals surface area contributed by atoms with E-state index in [2.05, 4.69) is 4.98 Å². The summed E-state index contributed by atoms with van der Waals surface area (Å²) in [6, 6.07) is 11.6. The zero-order valence-electron chi connectivity index (χ0n) is 15.6. The van der Waals surface area contributed by atoms with Crippen molar-refractivity contribution in [3.8, 4) is 0 Å². The van der Waals surface area contributed by atoms with E-state index in [1.807, 2.05) is 0 Å². The molecule has 148 valence electrons. The van der Waals surface area contributed by atoms with Crippen LogP contribution in [0.5, 0.6) is 0 Å². The number of piperidine rings is 1. The van der Waals surface area contributed by atoms with Crippen LogP contribution in [-0.4, -0.2) is 34.8 Å². The number of nitrogens with zero attached hydrogens (tertiary/aromatic N) is 2. The third kappa shape index (κ3) is 3.68. The van der Waals surface area contributed by atoms with Crippen LogP contribution < -0.4 is 5.73 Å². The van der Waals surface area contributed by atoms with Crippen LogP contribution in [-0.2, 0) is 0 Å². The Balaban J connectivity index is 1.69. The summed E-state index contributed by atoms with van der Waals surface area (Å²) >= 11 is 0. The van der Waals surface area contributed by atoms with E-state index < -0.39 is 23.4 Å². The lowest BCUT2D eigenvalue weighted by Crippen LogP contribution is -2.40. The van der Waals surface area contributed by atoms with Crippen LogP contribution in [0.1, 0.15) is 45.2 Å². The maximum atomic E-state index is 14.0. The van der Waals surface area contributed by atoms with Crippen molar-refractivity contribution in [1.29, 1.82) is 0 Å². The summed E-state index contributed by atoms with van der Waals surface area (Å²) in [7, 11) is 0. The van der Waals surface area contributed by atoms with Crippen molar-refractivity contribution in [2.24, 2.45) is 5.73 Å². The van der Waals surface area contributed by atoms with Gasteiger partial charge in [-0.05, 0) is 49.2 Å². The highest BCUT2D eigenvalue weighted by Crippen LogP contribution is 2.31. The molecule has 1 unspecified atom stereocenters. The van der Waals surface area contributed by atoms with Crippen molar-refractivity contribution >= 4 is 22.7 Å². The van der Waals surface area contributed by atoms with Gasteiger partial charge in [0.05, 0.1) is 22.3 Å². The van der Waals surface area contributed by atoms with E-state index >= 15 is 0 Å². The zero-order chi connectivity index (χ0) is 20.5. The first kappa shape index (κ1) is 19.0. The minimum Gasteiger partial charge on any atom is -0.366 e. The van der Waals surface area contributed by atoms with Crippen LogP contribution in [0.15, 0.2) is 48.5 Å². The zero-order valence-corrected chi connectivity index (χ0v) is 15.6. The minimum absolute atomic E-state index is 0.0187. The second-order valence-electron chi connectivity index (χ2n) is 7.19. The average molecular weight is 395 g/mol. The molecule has 2 N–H and O–H groups in total. The second-order valence-corrected chi connectivity index (χ2v) is 7.19. The lowest BCUT2D eigenvalue weighted by atomic mass is 9.90. The molecule has 5 nitrogen and oxygen atoms in total. The monoisotopic (exact) mass is 395 g/mol. The Morgan fingerprint density at radius 2 is 1.86 bits per heavy atom. The van der Waals surface area contributed by atoms with Gasteiger partial charge in [-0.2, -0.15) is 0 Å². The number of pyridine rings is 1. The molecule has 0 spiro atoms. The van der Waals surface area contributed by atoms with Gasteiger partial charge in [0, 0.05) is 24.4 Å². The summed E-state index contributed by atoms with van der Waals surface area (Å²) in [5.74, 6) is -2.27. The SMILES string of the molecule is NC(=O)c1cc2cc(F)ccc2nc1C1CCCN(C(=O)c2ccccc2F)C1. The van der Waals surface area contributed by atoms with Crippen LogP contribution in [0.4, 0.5) is 8.78 Å². The van der Waals surface area contributed by atoms with Gasteiger partial charge in [0.1, 0.15) is 11.6 Å². The Morgan fingerprint density at radius 3 is 2.62 bits per heavy atom. The van der Waals surface area contributed by atoms with Crippen molar-refractivity contribution in [2.45, 2.75) is 18.8 Å². The Kier molecular flexibility index (Phi) is 4.96. The molecule has 0 radical (unpaired) electrons. The fraction of sp³-hybridized carbons (Fsp3) is 0.227. The van der Waals surface area contributed by atoms with E-state index in [4.69, 9.17) is 5.73 Å². The fourth-order valence-corrected chi connectivity index (χ4v) is 3.86. The number of halogens is 2. The summed E-state index contributed by atoms with van der Waals surface area (Å²) in [4.78, 5) is 31.0. The maximum absolute atomic E-state index is 14.0. The fourth-order valence-electron chi connectivity index (χ4n) is 3.86. The first-order valence-electron chi connectivity index (χ1n) is 9.38. The number of primary amides is 1. The number of carbonyl (C=O) groups excluding carboxylic acids is 2. The normalized spacial score (nSPS) is 16.8. The van der Waals surface area contributed by atoms with Crippen LogP contribution >= 0.6 is 0 Å². The predicted molar refractivity (Wildman–Crippen MR) is 104 cm³/mol. The number of fused-ring (bicyclic) bond motifs is 1. The Hall–Kier alpha value is -3.35. The number of nitrogens with two attached hydrogens (primary N) is 1. The van der Waals surface area contributed by atoms with Gasteiger partial charge in [-0.3, -0.25) is 14.6 Å². The van der Waals surface area contributed by atoms with E-state index in [0.29, 0.717) is 42.5 Å². The molecule has 1 aliphatic heterocycles. The summed E-state index contributed by atoms with van der Waals surface area (Å²) in [5.41, 5.74) is 6.82. The molecule has 7 heteroatoms. The molecule has 1 saturated heterocycles. The lowest BCUT2D eigenvalue weighted by molar-refractivity contribution is 0.0701. The molecule has 3 aromatic rings. The molecule has 29 heavy (non-hydrogen) atoms. The van der Waals surface area contributed by atoms with Crippen LogP contribution in [0.2, 0.25) is 0 Å². The van der Waals surface area contributed by atoms with Crippen LogP contribution in [0, 0.1) is 11.6 Å². The molecule has 0 saturated carbocycles. The highest BCUT2D eigenvalue weighted by molar-refractivity contribution is 5.98. The van der Waals surface area contributed by atoms with Gasteiger partial charge in [-0.15, -0.1) is 0 Å². The quantitative estimate of drug-likeness (QED) is 0.736. The van der Waals surface area contributed by atoms with Crippen LogP contribution in [0.3, 0.4) is 0 Å². The van der Waals surface area contributed by atoms with Crippen LogP contribution in [0.25, 0.3) is 10.9 Å². The highest BCUT2D eigenvalue weighted by atomic mass is 19.1. The Labute approximate surface area is 166 Å². The highest BCUT2D eigenvalue weighted by Gasteiger charge is 2.30. The van der Waals surface area contributed by atoms with E-state index in [1.54, 1.807) is 23.1 Å². The van der Waals surface area contributed by atoms with Crippen molar-refractivity contribution < 1.29 is 18.4 Å². The van der Waals surface area contributed by atoms with Gasteiger partial charge in [0.25, 0.3) is 11.8 Å². The van der Waals surface area contributed by atoms with E-state index in [0.717, 1.165) is 0 Å². The van der Waals surface area contributed by atoms with Gasteiger partial charge in [-0.25, -0.2) is 8.78 Å². The first-order valence-corrected chi connectivity index (χ1v) is 9.38. The molecular formula is C22H19F2N3O2.